The Bertz CT molecular complexity index is 369. The number of hydrogen-bond acceptors (Lipinski definition) is 3. The van der Waals surface area contributed by atoms with Gasteiger partial charge in [-0.2, -0.15) is 0 Å². The van der Waals surface area contributed by atoms with E-state index in [0.717, 1.165) is 42.9 Å². The normalized spacial score (nSPS) is 25.1. The molecule has 0 aliphatic carbocycles. The first-order chi connectivity index (χ1) is 8.65. The minimum absolute atomic E-state index is 0.369. The van der Waals surface area contributed by atoms with E-state index in [2.05, 4.69) is 27.8 Å². The summed E-state index contributed by atoms with van der Waals surface area (Å²) < 4.78 is 6.81. The lowest BCUT2D eigenvalue weighted by molar-refractivity contribution is 0.140. The van der Waals surface area contributed by atoms with Gasteiger partial charge in [-0.15, -0.1) is 0 Å². The Kier molecular flexibility index (Phi) is 5.03. The van der Waals surface area contributed by atoms with E-state index in [9.17, 15) is 0 Å². The van der Waals surface area contributed by atoms with Gasteiger partial charge in [-0.05, 0) is 43.1 Å². The van der Waals surface area contributed by atoms with Crippen molar-refractivity contribution in [2.75, 3.05) is 26.2 Å². The maximum atomic E-state index is 6.01. The molecule has 0 bridgehead atoms. The molecule has 0 aromatic heterocycles. The Labute approximate surface area is 117 Å². The lowest BCUT2D eigenvalue weighted by atomic mass is 9.95. The molecule has 1 aliphatic heterocycles. The average Bonchev–Trinajstić information content (AvgIpc) is 2.36. The van der Waals surface area contributed by atoms with E-state index in [4.69, 9.17) is 10.5 Å². The number of nitrogens with two attached hydrogens (primary N) is 1. The van der Waals surface area contributed by atoms with E-state index in [1.165, 1.54) is 0 Å². The summed E-state index contributed by atoms with van der Waals surface area (Å²) in [5.74, 6) is 1.52. The summed E-state index contributed by atoms with van der Waals surface area (Å²) >= 11 is 3.41. The predicted octanol–water partition coefficient (Wildman–Crippen LogP) is 2.50. The summed E-state index contributed by atoms with van der Waals surface area (Å²) in [6, 6.07) is 8.33. The fraction of sp³-hybridized carbons (Fsp3) is 0.571. The van der Waals surface area contributed by atoms with Crippen LogP contribution in [0.2, 0.25) is 0 Å². The molecule has 0 radical (unpaired) electrons. The van der Waals surface area contributed by atoms with Crippen LogP contribution >= 0.6 is 15.9 Å². The first-order valence-corrected chi connectivity index (χ1v) is 7.31. The highest BCUT2D eigenvalue weighted by Crippen LogP contribution is 2.17. The van der Waals surface area contributed by atoms with Gasteiger partial charge in [0, 0.05) is 23.6 Å². The summed E-state index contributed by atoms with van der Waals surface area (Å²) in [5.41, 5.74) is 6.01. The second-order valence-electron chi connectivity index (χ2n) is 5.03. The molecule has 18 heavy (non-hydrogen) atoms. The van der Waals surface area contributed by atoms with Crippen molar-refractivity contribution in [1.29, 1.82) is 0 Å². The summed E-state index contributed by atoms with van der Waals surface area (Å²) in [6.07, 6.45) is 1.10. The summed E-state index contributed by atoms with van der Waals surface area (Å²) in [4.78, 5) is 2.44. The van der Waals surface area contributed by atoms with Crippen LogP contribution < -0.4 is 10.5 Å². The zero-order valence-corrected chi connectivity index (χ0v) is 12.4. The van der Waals surface area contributed by atoms with Gasteiger partial charge in [0.25, 0.3) is 0 Å². The van der Waals surface area contributed by atoms with Gasteiger partial charge in [0.1, 0.15) is 12.4 Å². The molecule has 2 N–H and O–H groups in total. The Hall–Kier alpha value is -0.580. The summed E-state index contributed by atoms with van der Waals surface area (Å²) in [5, 5.41) is 0. The van der Waals surface area contributed by atoms with Crippen molar-refractivity contribution in [2.45, 2.75) is 19.4 Å². The van der Waals surface area contributed by atoms with E-state index in [1.807, 2.05) is 24.3 Å². The molecule has 0 amide bonds. The van der Waals surface area contributed by atoms with Crippen molar-refractivity contribution in [3.05, 3.63) is 28.7 Å². The molecule has 1 fully saturated rings. The van der Waals surface area contributed by atoms with Crippen LogP contribution in [0.5, 0.6) is 5.75 Å². The van der Waals surface area contributed by atoms with E-state index in [-0.39, 0.29) is 0 Å². The number of likely N-dealkylation sites (tertiary alicyclic amines) is 1. The smallest absolute Gasteiger partial charge is 0.119 e. The third-order valence-corrected chi connectivity index (χ3v) is 4.07. The molecule has 0 saturated carbocycles. The first kappa shape index (κ1) is 13.8. The van der Waals surface area contributed by atoms with Crippen molar-refractivity contribution in [2.24, 2.45) is 11.7 Å². The Balaban J connectivity index is 1.71. The zero-order valence-electron chi connectivity index (χ0n) is 10.8. The molecule has 100 valence electrons. The van der Waals surface area contributed by atoms with Gasteiger partial charge in [-0.25, -0.2) is 0 Å². The Morgan fingerprint density at radius 3 is 2.78 bits per heavy atom. The van der Waals surface area contributed by atoms with Gasteiger partial charge >= 0.3 is 0 Å². The molecule has 1 saturated heterocycles. The minimum atomic E-state index is 0.369. The number of nitrogens with zero attached hydrogens (tertiary/aromatic N) is 1. The monoisotopic (exact) mass is 312 g/mol. The second kappa shape index (κ2) is 6.55. The maximum Gasteiger partial charge on any atom is 0.119 e. The highest BCUT2D eigenvalue weighted by atomic mass is 79.9. The molecule has 1 aromatic rings. The highest BCUT2D eigenvalue weighted by Gasteiger charge is 2.22. The van der Waals surface area contributed by atoms with Crippen LogP contribution in [-0.2, 0) is 0 Å². The molecular weight excluding hydrogens is 292 g/mol. The molecule has 2 unspecified atom stereocenters. The number of piperidine rings is 1. The lowest BCUT2D eigenvalue weighted by Crippen LogP contribution is -2.46. The number of halogens is 1. The summed E-state index contributed by atoms with van der Waals surface area (Å²) in [6.45, 7) is 6.13. The third kappa shape index (κ3) is 3.97. The number of ether oxygens (including phenoxy) is 1. The van der Waals surface area contributed by atoms with Crippen LogP contribution in [0.25, 0.3) is 0 Å². The van der Waals surface area contributed by atoms with Crippen LogP contribution in [-0.4, -0.2) is 37.2 Å². The molecular formula is C14H21BrN2O. The Morgan fingerprint density at radius 2 is 2.11 bits per heavy atom. The molecule has 4 heteroatoms. The fourth-order valence-electron chi connectivity index (χ4n) is 2.28. The number of benzene rings is 1. The largest absolute Gasteiger partial charge is 0.492 e. The van der Waals surface area contributed by atoms with Gasteiger partial charge in [-0.1, -0.05) is 22.9 Å². The molecule has 0 spiro atoms. The van der Waals surface area contributed by atoms with Crippen LogP contribution in [0.15, 0.2) is 28.7 Å². The van der Waals surface area contributed by atoms with Crippen molar-refractivity contribution >= 4 is 15.9 Å². The van der Waals surface area contributed by atoms with Crippen molar-refractivity contribution in [3.63, 3.8) is 0 Å². The fourth-order valence-corrected chi connectivity index (χ4v) is 2.54. The van der Waals surface area contributed by atoms with Gasteiger partial charge < -0.3 is 10.5 Å². The third-order valence-electron chi connectivity index (χ3n) is 3.55. The van der Waals surface area contributed by atoms with Crippen molar-refractivity contribution in [3.8, 4) is 5.75 Å². The molecule has 2 rings (SSSR count). The van der Waals surface area contributed by atoms with Crippen LogP contribution in [0.1, 0.15) is 13.3 Å². The van der Waals surface area contributed by atoms with Gasteiger partial charge in [-0.3, -0.25) is 4.90 Å². The molecule has 1 heterocycles. The maximum absolute atomic E-state index is 6.01. The van der Waals surface area contributed by atoms with Crippen LogP contribution in [0.4, 0.5) is 0 Å². The standard InChI is InChI=1S/C14H21BrN2O/c1-11-10-17(7-6-14(11)16)8-9-18-13-4-2-12(15)3-5-13/h2-5,11,14H,6-10,16H2,1H3. The second-order valence-corrected chi connectivity index (χ2v) is 5.95. The first-order valence-electron chi connectivity index (χ1n) is 6.51. The van der Waals surface area contributed by atoms with Gasteiger partial charge in [0.05, 0.1) is 0 Å². The molecule has 3 nitrogen and oxygen atoms in total. The van der Waals surface area contributed by atoms with Gasteiger partial charge in [0.2, 0.25) is 0 Å². The van der Waals surface area contributed by atoms with Gasteiger partial charge in [0.15, 0.2) is 0 Å². The minimum Gasteiger partial charge on any atom is -0.492 e. The SMILES string of the molecule is CC1CN(CCOc2ccc(Br)cc2)CCC1N. The zero-order chi connectivity index (χ0) is 13.0. The molecule has 1 aliphatic rings. The topological polar surface area (TPSA) is 38.5 Å². The average molecular weight is 313 g/mol. The molecule has 1 aromatic carbocycles. The number of rotatable bonds is 4. The van der Waals surface area contributed by atoms with E-state index >= 15 is 0 Å². The molecule has 2 atom stereocenters. The predicted molar refractivity (Wildman–Crippen MR) is 77.8 cm³/mol. The quantitative estimate of drug-likeness (QED) is 0.928. The lowest BCUT2D eigenvalue weighted by Gasteiger charge is -2.34. The van der Waals surface area contributed by atoms with E-state index in [1.54, 1.807) is 0 Å². The van der Waals surface area contributed by atoms with Crippen LogP contribution in [0, 0.1) is 5.92 Å². The van der Waals surface area contributed by atoms with E-state index in [0.29, 0.717) is 12.0 Å². The highest BCUT2D eigenvalue weighted by molar-refractivity contribution is 9.10. The van der Waals surface area contributed by atoms with Crippen molar-refractivity contribution in [1.82, 2.24) is 4.90 Å². The van der Waals surface area contributed by atoms with E-state index < -0.39 is 0 Å². The van der Waals surface area contributed by atoms with Crippen LogP contribution in [0.3, 0.4) is 0 Å². The summed E-state index contributed by atoms with van der Waals surface area (Å²) in [7, 11) is 0. The van der Waals surface area contributed by atoms with Crippen molar-refractivity contribution < 1.29 is 4.74 Å². The number of hydrogen-bond donors (Lipinski definition) is 1. The Morgan fingerprint density at radius 1 is 1.39 bits per heavy atom.